The predicted molar refractivity (Wildman–Crippen MR) is 54.3 cm³/mol. The van der Waals surface area contributed by atoms with Gasteiger partial charge in [0.25, 0.3) is 0 Å². The molecule has 0 fully saturated rings. The zero-order valence-corrected chi connectivity index (χ0v) is 8.32. The summed E-state index contributed by atoms with van der Waals surface area (Å²) in [6.07, 6.45) is -4.21. The first-order valence-electron chi connectivity index (χ1n) is 4.52. The van der Waals surface area contributed by atoms with E-state index in [1.54, 1.807) is 0 Å². The Bertz CT molecular complexity index is 595. The number of aldehydes is 1. The molecule has 0 radical (unpaired) electrons. The van der Waals surface area contributed by atoms with Gasteiger partial charge in [0.2, 0.25) is 5.95 Å². The summed E-state index contributed by atoms with van der Waals surface area (Å²) in [4.78, 5) is 17.8. The SMILES string of the molecule is Nc1nc(C=O)c2cccc(C(F)(F)F)c2n1. The minimum Gasteiger partial charge on any atom is -0.368 e. The molecule has 4 nitrogen and oxygen atoms in total. The Kier molecular flexibility index (Phi) is 2.45. The number of anilines is 1. The van der Waals surface area contributed by atoms with E-state index >= 15 is 0 Å². The summed E-state index contributed by atoms with van der Waals surface area (Å²) >= 11 is 0. The zero-order chi connectivity index (χ0) is 12.6. The van der Waals surface area contributed by atoms with Crippen molar-refractivity contribution >= 4 is 23.1 Å². The van der Waals surface area contributed by atoms with E-state index in [0.717, 1.165) is 6.07 Å². The summed E-state index contributed by atoms with van der Waals surface area (Å²) in [5, 5.41) is 0.0315. The standard InChI is InChI=1S/C10H6F3N3O/c11-10(12,13)6-3-1-2-5-7(4-17)15-9(14)16-8(5)6/h1-4H,(H2,14,15,16). The van der Waals surface area contributed by atoms with Crippen LogP contribution in [-0.4, -0.2) is 16.3 Å². The Morgan fingerprint density at radius 1 is 1.24 bits per heavy atom. The van der Waals surface area contributed by atoms with Crippen molar-refractivity contribution in [1.82, 2.24) is 9.97 Å². The van der Waals surface area contributed by atoms with Crippen LogP contribution in [0, 0.1) is 0 Å². The van der Waals surface area contributed by atoms with Crippen LogP contribution in [0.2, 0.25) is 0 Å². The summed E-state index contributed by atoms with van der Waals surface area (Å²) in [6.45, 7) is 0. The van der Waals surface area contributed by atoms with Gasteiger partial charge in [0, 0.05) is 5.39 Å². The van der Waals surface area contributed by atoms with Gasteiger partial charge in [-0.2, -0.15) is 13.2 Å². The molecule has 2 N–H and O–H groups in total. The number of aromatic nitrogens is 2. The molecule has 0 aliphatic carbocycles. The fourth-order valence-electron chi connectivity index (χ4n) is 1.51. The molecule has 1 heterocycles. The molecule has 1 aromatic carbocycles. The minimum atomic E-state index is -4.56. The molecule has 1 aromatic heterocycles. The number of carbonyl (C=O) groups excluding carboxylic acids is 1. The first-order chi connectivity index (χ1) is 7.93. The second-order valence-electron chi connectivity index (χ2n) is 3.28. The molecular formula is C10H6F3N3O. The molecule has 0 saturated carbocycles. The highest BCUT2D eigenvalue weighted by molar-refractivity contribution is 5.96. The second kappa shape index (κ2) is 3.69. The molecule has 0 bridgehead atoms. The van der Waals surface area contributed by atoms with Gasteiger partial charge in [-0.3, -0.25) is 4.79 Å². The van der Waals surface area contributed by atoms with Crippen molar-refractivity contribution in [2.24, 2.45) is 0 Å². The number of nitrogens with two attached hydrogens (primary N) is 1. The highest BCUT2D eigenvalue weighted by atomic mass is 19.4. The molecule has 0 spiro atoms. The maximum absolute atomic E-state index is 12.7. The number of hydrogen-bond acceptors (Lipinski definition) is 4. The number of nitrogen functional groups attached to an aromatic ring is 1. The lowest BCUT2D eigenvalue weighted by Gasteiger charge is -2.10. The van der Waals surface area contributed by atoms with E-state index in [9.17, 15) is 18.0 Å². The van der Waals surface area contributed by atoms with Gasteiger partial charge in [0.15, 0.2) is 6.29 Å². The van der Waals surface area contributed by atoms with Crippen LogP contribution < -0.4 is 5.73 Å². The predicted octanol–water partition coefficient (Wildman–Crippen LogP) is 2.04. The molecule has 0 amide bonds. The van der Waals surface area contributed by atoms with Crippen molar-refractivity contribution < 1.29 is 18.0 Å². The first-order valence-corrected chi connectivity index (χ1v) is 4.52. The number of rotatable bonds is 1. The number of alkyl halides is 3. The van der Waals surface area contributed by atoms with E-state index in [-0.39, 0.29) is 22.5 Å². The third-order valence-corrected chi connectivity index (χ3v) is 2.19. The van der Waals surface area contributed by atoms with Gasteiger partial charge >= 0.3 is 6.18 Å². The van der Waals surface area contributed by atoms with Gasteiger partial charge in [-0.05, 0) is 6.07 Å². The van der Waals surface area contributed by atoms with Crippen LogP contribution >= 0.6 is 0 Å². The van der Waals surface area contributed by atoms with Crippen molar-refractivity contribution in [3.63, 3.8) is 0 Å². The molecule has 0 unspecified atom stereocenters. The Hall–Kier alpha value is -2.18. The smallest absolute Gasteiger partial charge is 0.368 e. The number of carbonyl (C=O) groups is 1. The fraction of sp³-hybridized carbons (Fsp3) is 0.100. The molecule has 88 valence electrons. The van der Waals surface area contributed by atoms with Gasteiger partial charge in [-0.25, -0.2) is 9.97 Å². The largest absolute Gasteiger partial charge is 0.418 e. The maximum Gasteiger partial charge on any atom is 0.418 e. The van der Waals surface area contributed by atoms with E-state index in [1.807, 2.05) is 0 Å². The number of para-hydroxylation sites is 1. The first kappa shape index (κ1) is 11.3. The van der Waals surface area contributed by atoms with Crippen LogP contribution in [-0.2, 0) is 6.18 Å². The molecule has 17 heavy (non-hydrogen) atoms. The van der Waals surface area contributed by atoms with E-state index in [1.165, 1.54) is 12.1 Å². The summed E-state index contributed by atoms with van der Waals surface area (Å²) in [7, 11) is 0. The zero-order valence-electron chi connectivity index (χ0n) is 8.32. The molecule has 2 rings (SSSR count). The molecule has 0 saturated heterocycles. The van der Waals surface area contributed by atoms with Crippen molar-refractivity contribution in [3.05, 3.63) is 29.5 Å². The summed E-state index contributed by atoms with van der Waals surface area (Å²) in [5.41, 5.74) is 3.81. The average Bonchev–Trinajstić information content (AvgIpc) is 2.25. The van der Waals surface area contributed by atoms with Crippen LogP contribution in [0.3, 0.4) is 0 Å². The number of fused-ring (bicyclic) bond motifs is 1. The molecule has 0 atom stereocenters. The number of nitrogens with zero attached hydrogens (tertiary/aromatic N) is 2. The summed E-state index contributed by atoms with van der Waals surface area (Å²) < 4.78 is 38.1. The van der Waals surface area contributed by atoms with Crippen molar-refractivity contribution in [3.8, 4) is 0 Å². The number of hydrogen-bond donors (Lipinski definition) is 1. The summed E-state index contributed by atoms with van der Waals surface area (Å²) in [6, 6.07) is 3.41. The molecule has 7 heteroatoms. The Balaban J connectivity index is 2.90. The Morgan fingerprint density at radius 2 is 1.94 bits per heavy atom. The minimum absolute atomic E-state index is 0.0315. The van der Waals surface area contributed by atoms with E-state index in [0.29, 0.717) is 6.29 Å². The Labute approximate surface area is 93.3 Å². The van der Waals surface area contributed by atoms with Crippen LogP contribution in [0.15, 0.2) is 18.2 Å². The van der Waals surface area contributed by atoms with Gasteiger partial charge in [0.1, 0.15) is 5.69 Å². The van der Waals surface area contributed by atoms with Gasteiger partial charge in [-0.1, -0.05) is 12.1 Å². The maximum atomic E-state index is 12.7. The average molecular weight is 241 g/mol. The molecule has 2 aromatic rings. The van der Waals surface area contributed by atoms with Gasteiger partial charge in [0.05, 0.1) is 11.1 Å². The van der Waals surface area contributed by atoms with Gasteiger partial charge < -0.3 is 5.73 Å². The fourth-order valence-corrected chi connectivity index (χ4v) is 1.51. The van der Waals surface area contributed by atoms with E-state index in [4.69, 9.17) is 5.73 Å². The third-order valence-electron chi connectivity index (χ3n) is 2.19. The normalized spacial score (nSPS) is 11.7. The lowest BCUT2D eigenvalue weighted by molar-refractivity contribution is -0.136. The Morgan fingerprint density at radius 3 is 2.53 bits per heavy atom. The van der Waals surface area contributed by atoms with Crippen LogP contribution in [0.5, 0.6) is 0 Å². The number of benzene rings is 1. The highest BCUT2D eigenvalue weighted by Crippen LogP contribution is 2.34. The number of halogens is 3. The van der Waals surface area contributed by atoms with Crippen molar-refractivity contribution in [2.75, 3.05) is 5.73 Å². The van der Waals surface area contributed by atoms with Crippen LogP contribution in [0.1, 0.15) is 16.1 Å². The molecule has 0 aliphatic rings. The second-order valence-corrected chi connectivity index (χ2v) is 3.28. The highest BCUT2D eigenvalue weighted by Gasteiger charge is 2.33. The quantitative estimate of drug-likeness (QED) is 0.775. The van der Waals surface area contributed by atoms with Crippen molar-refractivity contribution in [2.45, 2.75) is 6.18 Å². The summed E-state index contributed by atoms with van der Waals surface area (Å²) in [5.74, 6) is -0.365. The van der Waals surface area contributed by atoms with Gasteiger partial charge in [-0.15, -0.1) is 0 Å². The van der Waals surface area contributed by atoms with Crippen LogP contribution in [0.4, 0.5) is 19.1 Å². The lowest BCUT2D eigenvalue weighted by atomic mass is 10.1. The third kappa shape index (κ3) is 1.91. The lowest BCUT2D eigenvalue weighted by Crippen LogP contribution is -2.09. The topological polar surface area (TPSA) is 68.9 Å². The van der Waals surface area contributed by atoms with Crippen LogP contribution in [0.25, 0.3) is 10.9 Å². The molecular weight excluding hydrogens is 235 g/mol. The molecule has 0 aliphatic heterocycles. The van der Waals surface area contributed by atoms with Crippen molar-refractivity contribution in [1.29, 1.82) is 0 Å². The monoisotopic (exact) mass is 241 g/mol. The van der Waals surface area contributed by atoms with E-state index in [2.05, 4.69) is 9.97 Å². The van der Waals surface area contributed by atoms with E-state index < -0.39 is 11.7 Å².